The Hall–Kier alpha value is -2.58. The van der Waals surface area contributed by atoms with Crippen LogP contribution >= 0.6 is 0 Å². The van der Waals surface area contributed by atoms with E-state index >= 15 is 0 Å². The molecule has 134 valence electrons. The number of carbonyl (C=O) groups excluding carboxylic acids is 1. The van der Waals surface area contributed by atoms with Crippen LogP contribution in [-0.4, -0.2) is 27.6 Å². The van der Waals surface area contributed by atoms with Crippen molar-refractivity contribution in [2.45, 2.75) is 18.7 Å². The largest absolute Gasteiger partial charge is 0.491 e. The smallest absolute Gasteiger partial charge is 0.319 e. The summed E-state index contributed by atoms with van der Waals surface area (Å²) in [6.07, 6.45) is 0. The van der Waals surface area contributed by atoms with Crippen LogP contribution in [0, 0.1) is 13.8 Å². The lowest BCUT2D eigenvalue weighted by Crippen LogP contribution is -2.32. The van der Waals surface area contributed by atoms with Gasteiger partial charge in [-0.15, -0.1) is 0 Å². The van der Waals surface area contributed by atoms with Gasteiger partial charge in [-0.25, -0.2) is 18.4 Å². The summed E-state index contributed by atoms with van der Waals surface area (Å²) >= 11 is 0. The Labute approximate surface area is 147 Å². The molecular weight excluding hydrogens is 342 g/mol. The number of hydrogen-bond acceptors (Lipinski definition) is 4. The zero-order valence-corrected chi connectivity index (χ0v) is 14.9. The molecule has 0 aliphatic heterocycles. The van der Waals surface area contributed by atoms with Gasteiger partial charge in [0.1, 0.15) is 12.4 Å². The molecule has 4 N–H and O–H groups in total. The highest BCUT2D eigenvalue weighted by molar-refractivity contribution is 7.89. The van der Waals surface area contributed by atoms with E-state index in [1.807, 2.05) is 32.0 Å². The van der Waals surface area contributed by atoms with Gasteiger partial charge in [0.25, 0.3) is 0 Å². The second kappa shape index (κ2) is 8.00. The van der Waals surface area contributed by atoms with Crippen molar-refractivity contribution in [2.75, 3.05) is 18.5 Å². The van der Waals surface area contributed by atoms with Gasteiger partial charge < -0.3 is 15.4 Å². The fourth-order valence-electron chi connectivity index (χ4n) is 2.27. The predicted molar refractivity (Wildman–Crippen MR) is 96.2 cm³/mol. The molecule has 0 atom stereocenters. The monoisotopic (exact) mass is 363 g/mol. The number of ether oxygens (including phenoxy) is 1. The molecule has 25 heavy (non-hydrogen) atoms. The molecule has 0 radical (unpaired) electrons. The summed E-state index contributed by atoms with van der Waals surface area (Å²) in [5.74, 6) is 0.811. The highest BCUT2D eigenvalue weighted by atomic mass is 32.2. The minimum absolute atomic E-state index is 0.0661. The molecule has 0 bridgehead atoms. The first-order valence-corrected chi connectivity index (χ1v) is 9.19. The number of hydrogen-bond donors (Lipinski definition) is 3. The average Bonchev–Trinajstić information content (AvgIpc) is 2.53. The molecule has 2 amide bonds. The van der Waals surface area contributed by atoms with Gasteiger partial charge in [-0.2, -0.15) is 0 Å². The number of nitrogens with one attached hydrogen (secondary N) is 2. The van der Waals surface area contributed by atoms with E-state index in [2.05, 4.69) is 10.6 Å². The van der Waals surface area contributed by atoms with Crippen LogP contribution in [0.2, 0.25) is 0 Å². The van der Waals surface area contributed by atoms with Gasteiger partial charge in [0.05, 0.1) is 11.4 Å². The van der Waals surface area contributed by atoms with E-state index in [0.717, 1.165) is 16.9 Å². The van der Waals surface area contributed by atoms with E-state index in [1.54, 1.807) is 6.07 Å². The minimum Gasteiger partial charge on any atom is -0.491 e. The zero-order valence-electron chi connectivity index (χ0n) is 14.1. The van der Waals surface area contributed by atoms with E-state index in [0.29, 0.717) is 18.8 Å². The Morgan fingerprint density at radius 2 is 1.76 bits per heavy atom. The second-order valence-electron chi connectivity index (χ2n) is 5.52. The predicted octanol–water partition coefficient (Wildman–Crippen LogP) is 2.15. The molecule has 0 heterocycles. The van der Waals surface area contributed by atoms with E-state index in [9.17, 15) is 13.2 Å². The Balaban J connectivity index is 1.83. The van der Waals surface area contributed by atoms with Gasteiger partial charge in [-0.1, -0.05) is 24.3 Å². The lowest BCUT2D eigenvalue weighted by molar-refractivity contribution is 0.247. The van der Waals surface area contributed by atoms with Gasteiger partial charge in [0, 0.05) is 5.69 Å². The molecular formula is C17H21N3O4S. The van der Waals surface area contributed by atoms with Crippen molar-refractivity contribution in [1.29, 1.82) is 0 Å². The van der Waals surface area contributed by atoms with Gasteiger partial charge in [-0.3, -0.25) is 0 Å². The first kappa shape index (κ1) is 18.8. The maximum absolute atomic E-state index is 11.9. The summed E-state index contributed by atoms with van der Waals surface area (Å²) in [7, 11) is -3.81. The maximum Gasteiger partial charge on any atom is 0.319 e. The number of anilines is 1. The van der Waals surface area contributed by atoms with Crippen molar-refractivity contribution in [3.8, 4) is 5.75 Å². The topological polar surface area (TPSA) is 111 Å². The van der Waals surface area contributed by atoms with Crippen LogP contribution in [0.1, 0.15) is 11.1 Å². The quantitative estimate of drug-likeness (QED) is 0.683. The number of amides is 2. The summed E-state index contributed by atoms with van der Waals surface area (Å²) in [4.78, 5) is 11.8. The standard InChI is InChI=1S/C17H21N3O4S/c1-12-5-3-6-13(2)16(12)24-10-9-19-17(21)20-14-7-4-8-15(11-14)25(18,22)23/h3-8,11H,9-10H2,1-2H3,(H2,18,22,23)(H2,19,20,21). The van der Waals surface area contributed by atoms with Crippen molar-refractivity contribution in [3.05, 3.63) is 53.6 Å². The molecule has 8 heteroatoms. The third-order valence-corrected chi connectivity index (χ3v) is 4.37. The number of carbonyl (C=O) groups is 1. The number of urea groups is 1. The maximum atomic E-state index is 11.9. The van der Waals surface area contributed by atoms with E-state index < -0.39 is 16.1 Å². The van der Waals surface area contributed by atoms with Crippen molar-refractivity contribution < 1.29 is 17.9 Å². The number of benzene rings is 2. The molecule has 0 saturated carbocycles. The Bertz CT molecular complexity index is 846. The minimum atomic E-state index is -3.81. The van der Waals surface area contributed by atoms with E-state index in [4.69, 9.17) is 9.88 Å². The van der Waals surface area contributed by atoms with Crippen molar-refractivity contribution in [3.63, 3.8) is 0 Å². The van der Waals surface area contributed by atoms with Gasteiger partial charge >= 0.3 is 6.03 Å². The molecule has 0 aliphatic rings. The second-order valence-corrected chi connectivity index (χ2v) is 7.08. The molecule has 7 nitrogen and oxygen atoms in total. The van der Waals surface area contributed by atoms with Crippen LogP contribution in [0.4, 0.5) is 10.5 Å². The summed E-state index contributed by atoms with van der Waals surface area (Å²) < 4.78 is 28.3. The van der Waals surface area contributed by atoms with Gasteiger partial charge in [-0.05, 0) is 43.2 Å². The van der Waals surface area contributed by atoms with Crippen molar-refractivity contribution in [2.24, 2.45) is 5.14 Å². The highest BCUT2D eigenvalue weighted by Gasteiger charge is 2.09. The normalized spacial score (nSPS) is 11.0. The van der Waals surface area contributed by atoms with Gasteiger partial charge in [0.2, 0.25) is 10.0 Å². The van der Waals surface area contributed by atoms with Crippen LogP contribution in [-0.2, 0) is 10.0 Å². The summed E-state index contributed by atoms with van der Waals surface area (Å²) in [5.41, 5.74) is 2.40. The fraction of sp³-hybridized carbons (Fsp3) is 0.235. The third kappa shape index (κ3) is 5.47. The van der Waals surface area contributed by atoms with E-state index in [1.165, 1.54) is 18.2 Å². The molecule has 0 saturated heterocycles. The molecule has 2 rings (SSSR count). The summed E-state index contributed by atoms with van der Waals surface area (Å²) in [5, 5.41) is 10.3. The average molecular weight is 363 g/mol. The van der Waals surface area contributed by atoms with Crippen molar-refractivity contribution in [1.82, 2.24) is 5.32 Å². The molecule has 0 spiro atoms. The van der Waals surface area contributed by atoms with Crippen LogP contribution in [0.25, 0.3) is 0 Å². The van der Waals surface area contributed by atoms with Crippen LogP contribution in [0.5, 0.6) is 5.75 Å². The Kier molecular flexibility index (Phi) is 6.00. The third-order valence-electron chi connectivity index (χ3n) is 3.46. The number of sulfonamides is 1. The van der Waals surface area contributed by atoms with Crippen LogP contribution in [0.3, 0.4) is 0 Å². The highest BCUT2D eigenvalue weighted by Crippen LogP contribution is 2.21. The molecule has 2 aromatic rings. The summed E-state index contributed by atoms with van der Waals surface area (Å²) in [6, 6.07) is 11.1. The number of rotatable bonds is 6. The number of nitrogens with two attached hydrogens (primary N) is 1. The first-order chi connectivity index (χ1) is 11.8. The van der Waals surface area contributed by atoms with Crippen LogP contribution in [0.15, 0.2) is 47.4 Å². The van der Waals surface area contributed by atoms with E-state index in [-0.39, 0.29) is 4.90 Å². The number of primary sulfonamides is 1. The zero-order chi connectivity index (χ0) is 18.4. The molecule has 0 aliphatic carbocycles. The molecule has 0 aromatic heterocycles. The number of aryl methyl sites for hydroxylation is 2. The molecule has 0 fully saturated rings. The van der Waals surface area contributed by atoms with Crippen LogP contribution < -0.4 is 20.5 Å². The summed E-state index contributed by atoms with van der Waals surface area (Å²) in [6.45, 7) is 4.53. The SMILES string of the molecule is Cc1cccc(C)c1OCCNC(=O)Nc1cccc(S(N)(=O)=O)c1. The molecule has 0 unspecified atom stereocenters. The Morgan fingerprint density at radius 3 is 2.40 bits per heavy atom. The fourth-order valence-corrected chi connectivity index (χ4v) is 2.83. The Morgan fingerprint density at radius 1 is 1.12 bits per heavy atom. The van der Waals surface area contributed by atoms with Crippen molar-refractivity contribution >= 4 is 21.7 Å². The molecule has 2 aromatic carbocycles. The first-order valence-electron chi connectivity index (χ1n) is 7.64. The number of para-hydroxylation sites is 1. The lowest BCUT2D eigenvalue weighted by atomic mass is 10.1. The lowest BCUT2D eigenvalue weighted by Gasteiger charge is -2.13. The van der Waals surface area contributed by atoms with Gasteiger partial charge in [0.15, 0.2) is 0 Å².